The zero-order valence-electron chi connectivity index (χ0n) is 9.31. The van der Waals surface area contributed by atoms with Crippen molar-refractivity contribution in [1.29, 1.82) is 0 Å². The third-order valence-electron chi connectivity index (χ3n) is 4.64. The Kier molecular flexibility index (Phi) is 2.67. The van der Waals surface area contributed by atoms with Gasteiger partial charge in [-0.25, -0.2) is 0 Å². The molecule has 0 aromatic carbocycles. The van der Waals surface area contributed by atoms with Crippen molar-refractivity contribution in [3.8, 4) is 0 Å². The van der Waals surface area contributed by atoms with Crippen LogP contribution in [0.2, 0.25) is 0 Å². The van der Waals surface area contributed by atoms with Crippen LogP contribution in [0.15, 0.2) is 0 Å². The predicted molar refractivity (Wildman–Crippen MR) is 57.7 cm³/mol. The van der Waals surface area contributed by atoms with Gasteiger partial charge in [0.25, 0.3) is 0 Å². The number of hydrogen-bond donors (Lipinski definition) is 0. The van der Waals surface area contributed by atoms with E-state index in [1.54, 1.807) is 25.7 Å². The second kappa shape index (κ2) is 3.63. The van der Waals surface area contributed by atoms with Crippen molar-refractivity contribution < 1.29 is 0 Å². The van der Waals surface area contributed by atoms with Crippen LogP contribution in [-0.2, 0) is 0 Å². The molecule has 0 aliphatic heterocycles. The normalized spacial score (nSPS) is 42.0. The van der Waals surface area contributed by atoms with Crippen LogP contribution in [0.25, 0.3) is 0 Å². The molecule has 2 rings (SSSR count). The number of rotatable bonds is 5. The first-order chi connectivity index (χ1) is 6.32. The maximum absolute atomic E-state index is 2.38. The van der Waals surface area contributed by atoms with Gasteiger partial charge >= 0.3 is 0 Å². The van der Waals surface area contributed by atoms with E-state index in [1.165, 1.54) is 25.7 Å². The average Bonchev–Trinajstić information content (AvgIpc) is 2.75. The molecule has 0 bridgehead atoms. The molecule has 2 aliphatic rings. The molecule has 0 nitrogen and oxygen atoms in total. The summed E-state index contributed by atoms with van der Waals surface area (Å²) < 4.78 is 0. The van der Waals surface area contributed by atoms with Crippen molar-refractivity contribution in [1.82, 2.24) is 0 Å². The van der Waals surface area contributed by atoms with Gasteiger partial charge in [0.05, 0.1) is 0 Å². The van der Waals surface area contributed by atoms with Crippen LogP contribution in [0, 0.1) is 17.3 Å². The Morgan fingerprint density at radius 2 is 2.08 bits per heavy atom. The fourth-order valence-corrected chi connectivity index (χ4v) is 3.64. The van der Waals surface area contributed by atoms with E-state index in [9.17, 15) is 0 Å². The van der Waals surface area contributed by atoms with E-state index in [-0.39, 0.29) is 0 Å². The lowest BCUT2D eigenvalue weighted by Gasteiger charge is -2.09. The summed E-state index contributed by atoms with van der Waals surface area (Å²) in [6, 6.07) is 0. The minimum absolute atomic E-state index is 0.885. The van der Waals surface area contributed by atoms with Gasteiger partial charge in [0.15, 0.2) is 0 Å². The summed E-state index contributed by atoms with van der Waals surface area (Å²) in [5, 5.41) is 0. The Bertz CT molecular complexity index is 173. The van der Waals surface area contributed by atoms with E-state index >= 15 is 0 Å². The molecule has 2 saturated carbocycles. The van der Waals surface area contributed by atoms with Gasteiger partial charge in [-0.1, -0.05) is 39.5 Å². The Labute approximate surface area is 83.1 Å². The van der Waals surface area contributed by atoms with E-state index < -0.39 is 0 Å². The molecule has 0 saturated heterocycles. The first-order valence-electron chi connectivity index (χ1n) is 6.32. The molecule has 0 heteroatoms. The molecule has 3 atom stereocenters. The van der Waals surface area contributed by atoms with Gasteiger partial charge < -0.3 is 0 Å². The highest BCUT2D eigenvalue weighted by atomic mass is 14.6. The van der Waals surface area contributed by atoms with E-state index in [0.29, 0.717) is 0 Å². The summed E-state index contributed by atoms with van der Waals surface area (Å²) >= 11 is 0. The molecule has 3 unspecified atom stereocenters. The maximum Gasteiger partial charge on any atom is -0.0263 e. The van der Waals surface area contributed by atoms with E-state index in [4.69, 9.17) is 0 Å². The monoisotopic (exact) mass is 180 g/mol. The maximum atomic E-state index is 2.38. The summed E-state index contributed by atoms with van der Waals surface area (Å²) in [7, 11) is 0. The van der Waals surface area contributed by atoms with Gasteiger partial charge in [0.2, 0.25) is 0 Å². The molecule has 2 aliphatic carbocycles. The fourth-order valence-electron chi connectivity index (χ4n) is 3.64. The molecular formula is C13H24. The summed E-state index contributed by atoms with van der Waals surface area (Å²) in [5.74, 6) is 2.27. The van der Waals surface area contributed by atoms with Crippen molar-refractivity contribution in [2.75, 3.05) is 0 Å². The van der Waals surface area contributed by atoms with Crippen LogP contribution in [0.1, 0.15) is 65.2 Å². The van der Waals surface area contributed by atoms with Crippen LogP contribution in [0.4, 0.5) is 0 Å². The minimum atomic E-state index is 0.885. The first-order valence-corrected chi connectivity index (χ1v) is 6.32. The summed E-state index contributed by atoms with van der Waals surface area (Å²) in [4.78, 5) is 0. The largest absolute Gasteiger partial charge is 0.0654 e. The number of unbranched alkanes of at least 4 members (excludes halogenated alkanes) is 2. The van der Waals surface area contributed by atoms with Gasteiger partial charge in [0, 0.05) is 0 Å². The Morgan fingerprint density at radius 1 is 1.23 bits per heavy atom. The van der Waals surface area contributed by atoms with Crippen LogP contribution in [0.5, 0.6) is 0 Å². The Hall–Kier alpha value is 0. The molecule has 0 aromatic rings. The van der Waals surface area contributed by atoms with Crippen molar-refractivity contribution in [3.63, 3.8) is 0 Å². The fraction of sp³-hybridized carbons (Fsp3) is 1.00. The van der Waals surface area contributed by atoms with Crippen molar-refractivity contribution in [2.45, 2.75) is 65.2 Å². The third-order valence-corrected chi connectivity index (χ3v) is 4.64. The molecule has 13 heavy (non-hydrogen) atoms. The van der Waals surface area contributed by atoms with Gasteiger partial charge in [-0.3, -0.25) is 0 Å². The van der Waals surface area contributed by atoms with Crippen LogP contribution < -0.4 is 0 Å². The molecule has 0 spiro atoms. The lowest BCUT2D eigenvalue weighted by molar-refractivity contribution is 0.417. The van der Waals surface area contributed by atoms with Crippen molar-refractivity contribution in [2.24, 2.45) is 17.3 Å². The smallest absolute Gasteiger partial charge is 0.0263 e. The molecular weight excluding hydrogens is 156 g/mol. The number of fused-ring (bicyclic) bond motifs is 1. The van der Waals surface area contributed by atoms with Crippen LogP contribution in [0.3, 0.4) is 0 Å². The second-order valence-electron chi connectivity index (χ2n) is 5.34. The lowest BCUT2D eigenvalue weighted by atomic mass is 9.96. The molecule has 0 amide bonds. The van der Waals surface area contributed by atoms with E-state index in [1.807, 2.05) is 0 Å². The summed E-state index contributed by atoms with van der Waals surface area (Å²) in [6.45, 7) is 4.69. The molecule has 76 valence electrons. The standard InChI is InChI=1S/C13H24/c1-3-5-6-8-13-9-7-11(4-2)12(13)10-13/h11-12H,3-10H2,1-2H3. The van der Waals surface area contributed by atoms with Crippen molar-refractivity contribution >= 4 is 0 Å². The SMILES string of the molecule is CCCCCC12CCC(CC)C1C2. The quantitative estimate of drug-likeness (QED) is 0.550. The Balaban J connectivity index is 1.76. The van der Waals surface area contributed by atoms with Crippen LogP contribution in [-0.4, -0.2) is 0 Å². The minimum Gasteiger partial charge on any atom is -0.0654 e. The highest BCUT2D eigenvalue weighted by Crippen LogP contribution is 2.69. The highest BCUT2D eigenvalue weighted by molar-refractivity contribution is 5.09. The summed E-state index contributed by atoms with van der Waals surface area (Å²) in [6.07, 6.45) is 12.1. The van der Waals surface area contributed by atoms with Gasteiger partial charge in [-0.05, 0) is 42.9 Å². The third kappa shape index (κ3) is 1.65. The lowest BCUT2D eigenvalue weighted by Crippen LogP contribution is -1.98. The Morgan fingerprint density at radius 3 is 2.62 bits per heavy atom. The number of hydrogen-bond acceptors (Lipinski definition) is 0. The highest BCUT2D eigenvalue weighted by Gasteiger charge is 2.59. The molecule has 0 radical (unpaired) electrons. The van der Waals surface area contributed by atoms with E-state index in [2.05, 4.69) is 13.8 Å². The van der Waals surface area contributed by atoms with Crippen molar-refractivity contribution in [3.05, 3.63) is 0 Å². The molecule has 0 aromatic heterocycles. The zero-order valence-corrected chi connectivity index (χ0v) is 9.31. The average molecular weight is 180 g/mol. The molecule has 2 fully saturated rings. The second-order valence-corrected chi connectivity index (χ2v) is 5.34. The molecule has 0 N–H and O–H groups in total. The van der Waals surface area contributed by atoms with Crippen LogP contribution >= 0.6 is 0 Å². The van der Waals surface area contributed by atoms with Gasteiger partial charge in [-0.2, -0.15) is 0 Å². The topological polar surface area (TPSA) is 0 Å². The van der Waals surface area contributed by atoms with Gasteiger partial charge in [-0.15, -0.1) is 0 Å². The van der Waals surface area contributed by atoms with E-state index in [0.717, 1.165) is 17.3 Å². The predicted octanol–water partition coefficient (Wildman–Crippen LogP) is 4.39. The summed E-state index contributed by atoms with van der Waals surface area (Å²) in [5.41, 5.74) is 0.885. The zero-order chi connectivity index (χ0) is 9.31. The van der Waals surface area contributed by atoms with Gasteiger partial charge in [0.1, 0.15) is 0 Å². The first kappa shape index (κ1) is 9.55. The molecule has 0 heterocycles.